The number of rotatable bonds is 5. The van der Waals surface area contributed by atoms with Crippen LogP contribution in [0.5, 0.6) is 11.5 Å². The van der Waals surface area contributed by atoms with Crippen molar-refractivity contribution in [3.05, 3.63) is 65.2 Å². The maximum Gasteiger partial charge on any atom is 0.185 e. The molecule has 0 amide bonds. The van der Waals surface area contributed by atoms with Gasteiger partial charge in [-0.15, -0.1) is 0 Å². The molecule has 0 atom stereocenters. The highest BCUT2D eigenvalue weighted by atomic mass is 16.5. The number of hydrogen-bond donors (Lipinski definition) is 0. The molecule has 0 aliphatic carbocycles. The van der Waals surface area contributed by atoms with E-state index in [0.29, 0.717) is 22.6 Å². The van der Waals surface area contributed by atoms with Crippen molar-refractivity contribution >= 4 is 11.9 Å². The van der Waals surface area contributed by atoms with Crippen molar-refractivity contribution in [2.24, 2.45) is 0 Å². The topological polar surface area (TPSA) is 59.3 Å². The standard InChI is InChI=1S/C18H15NO3/c1-21-16-9-13(10-17(11-16)22-2)6-7-18(20)15-5-3-4-14(8-15)12-19/h3-11H,1-2H3/b7-6+. The maximum atomic E-state index is 12.1. The van der Waals surface area contributed by atoms with Gasteiger partial charge in [0.05, 0.1) is 25.9 Å². The summed E-state index contributed by atoms with van der Waals surface area (Å²) in [6, 6.07) is 14.0. The van der Waals surface area contributed by atoms with Gasteiger partial charge in [0.25, 0.3) is 0 Å². The number of carbonyl (C=O) groups excluding carboxylic acids is 1. The number of nitrogens with zero attached hydrogens (tertiary/aromatic N) is 1. The summed E-state index contributed by atoms with van der Waals surface area (Å²) >= 11 is 0. The lowest BCUT2D eigenvalue weighted by atomic mass is 10.1. The van der Waals surface area contributed by atoms with Crippen LogP contribution in [0.15, 0.2) is 48.5 Å². The summed E-state index contributed by atoms with van der Waals surface area (Å²) in [5.74, 6) is 1.13. The molecule has 0 saturated carbocycles. The summed E-state index contributed by atoms with van der Waals surface area (Å²) in [6.07, 6.45) is 3.15. The van der Waals surface area contributed by atoms with E-state index >= 15 is 0 Å². The van der Waals surface area contributed by atoms with E-state index in [0.717, 1.165) is 5.56 Å². The summed E-state index contributed by atoms with van der Waals surface area (Å²) < 4.78 is 10.4. The minimum Gasteiger partial charge on any atom is -0.497 e. The first kappa shape index (κ1) is 15.3. The van der Waals surface area contributed by atoms with Crippen LogP contribution >= 0.6 is 0 Å². The van der Waals surface area contributed by atoms with Gasteiger partial charge in [-0.1, -0.05) is 18.2 Å². The molecular weight excluding hydrogens is 278 g/mol. The lowest BCUT2D eigenvalue weighted by Gasteiger charge is -2.05. The minimum absolute atomic E-state index is 0.168. The second-order valence-electron chi connectivity index (χ2n) is 4.54. The summed E-state index contributed by atoms with van der Waals surface area (Å²) in [4.78, 5) is 12.1. The molecule has 2 rings (SSSR count). The second-order valence-corrected chi connectivity index (χ2v) is 4.54. The van der Waals surface area contributed by atoms with Crippen LogP contribution in [0, 0.1) is 11.3 Å². The lowest BCUT2D eigenvalue weighted by Crippen LogP contribution is -1.94. The molecule has 0 saturated heterocycles. The molecule has 4 heteroatoms. The van der Waals surface area contributed by atoms with Crippen molar-refractivity contribution in [3.8, 4) is 17.6 Å². The fourth-order valence-corrected chi connectivity index (χ4v) is 1.94. The second kappa shape index (κ2) is 7.09. The number of hydrogen-bond acceptors (Lipinski definition) is 4. The predicted octanol–water partition coefficient (Wildman–Crippen LogP) is 3.47. The molecule has 0 aliphatic heterocycles. The average molecular weight is 293 g/mol. The molecular formula is C18H15NO3. The Balaban J connectivity index is 2.24. The van der Waals surface area contributed by atoms with Crippen LogP contribution < -0.4 is 9.47 Å². The van der Waals surface area contributed by atoms with Gasteiger partial charge in [-0.2, -0.15) is 5.26 Å². The SMILES string of the molecule is COc1cc(/C=C/C(=O)c2cccc(C#N)c2)cc(OC)c1. The van der Waals surface area contributed by atoms with Crippen LogP contribution in [-0.4, -0.2) is 20.0 Å². The minimum atomic E-state index is -0.168. The first-order chi connectivity index (χ1) is 10.7. The first-order valence-electron chi connectivity index (χ1n) is 6.62. The van der Waals surface area contributed by atoms with Gasteiger partial charge < -0.3 is 9.47 Å². The Hall–Kier alpha value is -3.06. The van der Waals surface area contributed by atoms with Gasteiger partial charge in [0.2, 0.25) is 0 Å². The molecule has 0 spiro atoms. The normalized spacial score (nSPS) is 10.2. The van der Waals surface area contributed by atoms with Gasteiger partial charge in [-0.05, 0) is 35.9 Å². The number of ketones is 1. The van der Waals surface area contributed by atoms with Crippen LogP contribution in [0.4, 0.5) is 0 Å². The Labute approximate surface area is 129 Å². The molecule has 110 valence electrons. The highest BCUT2D eigenvalue weighted by Crippen LogP contribution is 2.23. The fourth-order valence-electron chi connectivity index (χ4n) is 1.94. The van der Waals surface area contributed by atoms with Crippen molar-refractivity contribution in [3.63, 3.8) is 0 Å². The molecule has 2 aromatic rings. The summed E-state index contributed by atoms with van der Waals surface area (Å²) in [5.41, 5.74) is 1.73. The zero-order valence-electron chi connectivity index (χ0n) is 12.4. The van der Waals surface area contributed by atoms with Crippen molar-refractivity contribution in [1.29, 1.82) is 5.26 Å². The van der Waals surface area contributed by atoms with Gasteiger partial charge in [0.1, 0.15) is 11.5 Å². The van der Waals surface area contributed by atoms with Crippen LogP contribution in [0.1, 0.15) is 21.5 Å². The molecule has 0 heterocycles. The van der Waals surface area contributed by atoms with Gasteiger partial charge in [0.15, 0.2) is 5.78 Å². The number of methoxy groups -OCH3 is 2. The number of carbonyl (C=O) groups is 1. The smallest absolute Gasteiger partial charge is 0.185 e. The van der Waals surface area contributed by atoms with Crippen molar-refractivity contribution < 1.29 is 14.3 Å². The summed E-state index contributed by atoms with van der Waals surface area (Å²) in [6.45, 7) is 0. The molecule has 0 bridgehead atoms. The first-order valence-corrected chi connectivity index (χ1v) is 6.62. The Morgan fingerprint density at radius 3 is 2.36 bits per heavy atom. The molecule has 0 N–H and O–H groups in total. The molecule has 0 unspecified atom stereocenters. The van der Waals surface area contributed by atoms with Crippen molar-refractivity contribution in [2.45, 2.75) is 0 Å². The molecule has 22 heavy (non-hydrogen) atoms. The Kier molecular flexibility index (Phi) is 4.94. The van der Waals surface area contributed by atoms with Crippen LogP contribution in [0.3, 0.4) is 0 Å². The highest BCUT2D eigenvalue weighted by Gasteiger charge is 2.04. The monoisotopic (exact) mass is 293 g/mol. The van der Waals surface area contributed by atoms with Gasteiger partial charge in [-0.25, -0.2) is 0 Å². The quantitative estimate of drug-likeness (QED) is 0.625. The molecule has 4 nitrogen and oxygen atoms in total. The van der Waals surface area contributed by atoms with Crippen LogP contribution in [0.25, 0.3) is 6.08 Å². The number of nitriles is 1. The summed E-state index contributed by atoms with van der Waals surface area (Å²) in [7, 11) is 3.14. The fraction of sp³-hybridized carbons (Fsp3) is 0.111. The summed E-state index contributed by atoms with van der Waals surface area (Å²) in [5, 5.41) is 8.86. The van der Waals surface area contributed by atoms with Gasteiger partial charge in [-0.3, -0.25) is 4.79 Å². The van der Waals surface area contributed by atoms with Crippen LogP contribution in [-0.2, 0) is 0 Å². The van der Waals surface area contributed by atoms with Gasteiger partial charge in [0, 0.05) is 11.6 Å². The Bertz CT molecular complexity index is 735. The predicted molar refractivity (Wildman–Crippen MR) is 84.1 cm³/mol. The number of allylic oxidation sites excluding steroid dienone is 1. The van der Waals surface area contributed by atoms with Crippen LogP contribution in [0.2, 0.25) is 0 Å². The third-order valence-corrected chi connectivity index (χ3v) is 3.08. The van der Waals surface area contributed by atoms with Gasteiger partial charge >= 0.3 is 0 Å². The number of ether oxygens (including phenoxy) is 2. The zero-order chi connectivity index (χ0) is 15.9. The Morgan fingerprint density at radius 2 is 1.77 bits per heavy atom. The van der Waals surface area contributed by atoms with E-state index in [1.165, 1.54) is 6.08 Å². The van der Waals surface area contributed by atoms with E-state index in [1.807, 2.05) is 6.07 Å². The van der Waals surface area contributed by atoms with E-state index in [2.05, 4.69) is 0 Å². The van der Waals surface area contributed by atoms with E-state index in [9.17, 15) is 4.79 Å². The third-order valence-electron chi connectivity index (χ3n) is 3.08. The lowest BCUT2D eigenvalue weighted by molar-refractivity contribution is 0.104. The molecule has 2 aromatic carbocycles. The number of benzene rings is 2. The molecule has 0 aliphatic rings. The molecule has 0 aromatic heterocycles. The van der Waals surface area contributed by atoms with Crippen molar-refractivity contribution in [1.82, 2.24) is 0 Å². The van der Waals surface area contributed by atoms with E-state index in [4.69, 9.17) is 14.7 Å². The molecule has 0 radical (unpaired) electrons. The van der Waals surface area contributed by atoms with E-state index in [1.54, 1.807) is 62.8 Å². The van der Waals surface area contributed by atoms with Crippen molar-refractivity contribution in [2.75, 3.05) is 14.2 Å². The van der Waals surface area contributed by atoms with E-state index < -0.39 is 0 Å². The third kappa shape index (κ3) is 3.74. The maximum absolute atomic E-state index is 12.1. The highest BCUT2D eigenvalue weighted by molar-refractivity contribution is 6.07. The van der Waals surface area contributed by atoms with E-state index in [-0.39, 0.29) is 5.78 Å². The average Bonchev–Trinajstić information content (AvgIpc) is 2.59. The molecule has 0 fully saturated rings. The zero-order valence-corrected chi connectivity index (χ0v) is 12.4. The Morgan fingerprint density at radius 1 is 1.09 bits per heavy atom. The largest absolute Gasteiger partial charge is 0.497 e.